The predicted molar refractivity (Wildman–Crippen MR) is 238 cm³/mol. The molecule has 0 aromatic heterocycles. The molecule has 9 amide bonds. The van der Waals surface area contributed by atoms with Crippen molar-refractivity contribution in [2.45, 2.75) is 121 Å². The lowest BCUT2D eigenvalue weighted by molar-refractivity contribution is -0.143. The van der Waals surface area contributed by atoms with Gasteiger partial charge in [-0.3, -0.25) is 43.2 Å². The number of carbonyl (C=O) groups excluding carboxylic acids is 9. The van der Waals surface area contributed by atoms with E-state index in [1.807, 2.05) is 0 Å². The van der Waals surface area contributed by atoms with Crippen LogP contribution >= 0.6 is 0 Å². The summed E-state index contributed by atoms with van der Waals surface area (Å²) in [6, 6.07) is -4.82. The number of amides is 9. The lowest BCUT2D eigenvalue weighted by Crippen LogP contribution is -2.61. The van der Waals surface area contributed by atoms with E-state index in [0.29, 0.717) is 44.2 Å². The van der Waals surface area contributed by atoms with E-state index in [0.717, 1.165) is 0 Å². The summed E-state index contributed by atoms with van der Waals surface area (Å²) in [5.41, 5.74) is 11.5. The highest BCUT2D eigenvalue weighted by Gasteiger charge is 2.36. The first kappa shape index (κ1) is 56.7. The van der Waals surface area contributed by atoms with E-state index in [1.54, 1.807) is 13.8 Å². The molecule has 1 aliphatic heterocycles. The number of nitrogens with zero attached hydrogens (tertiary/aromatic N) is 1. The molecule has 25 heteroatoms. The van der Waals surface area contributed by atoms with Crippen LogP contribution in [0.2, 0.25) is 0 Å². The Labute approximate surface area is 387 Å². The van der Waals surface area contributed by atoms with Gasteiger partial charge in [-0.15, -0.1) is 0 Å². The van der Waals surface area contributed by atoms with Gasteiger partial charge in [0.1, 0.15) is 54.1 Å². The van der Waals surface area contributed by atoms with Gasteiger partial charge in [0.15, 0.2) is 0 Å². The van der Waals surface area contributed by atoms with Crippen LogP contribution in [0.1, 0.15) is 71.8 Å². The smallest absolute Gasteiger partial charge is 0.328 e. The van der Waals surface area contributed by atoms with Crippen molar-refractivity contribution in [2.75, 3.05) is 39.4 Å². The van der Waals surface area contributed by atoms with Crippen LogP contribution in [0.4, 0.5) is 0 Å². The molecule has 1 heterocycles. The third-order valence-corrected chi connectivity index (χ3v) is 11.0. The van der Waals surface area contributed by atoms with Gasteiger partial charge >= 0.3 is 5.97 Å². The molecule has 25 nitrogen and oxygen atoms in total. The molecule has 1 aromatic carbocycles. The number of hydrogen-bond donors (Lipinski definition) is 14. The van der Waals surface area contributed by atoms with Crippen LogP contribution in [-0.2, 0) is 54.4 Å². The van der Waals surface area contributed by atoms with Crippen molar-refractivity contribution in [3.8, 4) is 5.75 Å². The number of phenols is 1. The summed E-state index contributed by atoms with van der Waals surface area (Å²) in [4.78, 5) is 131. The molecule has 0 saturated carbocycles. The molecule has 67 heavy (non-hydrogen) atoms. The Hall–Kier alpha value is -6.44. The molecule has 0 spiro atoms. The first-order chi connectivity index (χ1) is 31.7. The number of hydrogen-bond acceptors (Lipinski definition) is 15. The molecule has 2 rings (SSSR count). The molecule has 16 N–H and O–H groups in total. The zero-order chi connectivity index (χ0) is 50.4. The number of carbonyl (C=O) groups is 10. The van der Waals surface area contributed by atoms with E-state index in [2.05, 4.69) is 42.5 Å². The summed E-state index contributed by atoms with van der Waals surface area (Å²) in [5, 5.41) is 57.7. The van der Waals surface area contributed by atoms with Crippen LogP contribution in [0, 0.1) is 5.92 Å². The van der Waals surface area contributed by atoms with Crippen molar-refractivity contribution >= 4 is 59.1 Å². The third kappa shape index (κ3) is 18.4. The van der Waals surface area contributed by atoms with E-state index in [4.69, 9.17) is 11.5 Å². The number of aliphatic hydroxyl groups excluding tert-OH is 2. The quantitative estimate of drug-likeness (QED) is 0.0349. The summed E-state index contributed by atoms with van der Waals surface area (Å²) >= 11 is 0. The lowest BCUT2D eigenvalue weighted by Gasteiger charge is -2.28. The number of unbranched alkanes of at least 4 members (excludes halogenated alkanes) is 1. The molecule has 9 atom stereocenters. The van der Waals surface area contributed by atoms with Crippen LogP contribution in [0.15, 0.2) is 24.3 Å². The molecule has 1 fully saturated rings. The first-order valence-electron chi connectivity index (χ1n) is 22.0. The maximum Gasteiger partial charge on any atom is 0.328 e. The largest absolute Gasteiger partial charge is 0.508 e. The summed E-state index contributed by atoms with van der Waals surface area (Å²) in [6.07, 6.45) is 1.96. The van der Waals surface area contributed by atoms with Gasteiger partial charge in [-0.1, -0.05) is 32.4 Å². The highest BCUT2D eigenvalue weighted by atomic mass is 16.4. The number of aliphatic carboxylic acids is 1. The molecule has 0 aliphatic carbocycles. The van der Waals surface area contributed by atoms with Crippen molar-refractivity contribution in [2.24, 2.45) is 17.4 Å². The Morgan fingerprint density at radius 1 is 0.701 bits per heavy atom. The summed E-state index contributed by atoms with van der Waals surface area (Å²) < 4.78 is 0. The Morgan fingerprint density at radius 2 is 1.28 bits per heavy atom. The van der Waals surface area contributed by atoms with Gasteiger partial charge in [0.05, 0.1) is 26.3 Å². The lowest BCUT2D eigenvalue weighted by atomic mass is 9.96. The van der Waals surface area contributed by atoms with E-state index in [1.165, 1.54) is 43.0 Å². The van der Waals surface area contributed by atoms with Gasteiger partial charge < -0.3 is 79.3 Å². The van der Waals surface area contributed by atoms with Crippen LogP contribution in [-0.4, -0.2) is 172 Å². The number of aliphatic hydroxyl groups is 2. The van der Waals surface area contributed by atoms with Gasteiger partial charge in [0, 0.05) is 13.0 Å². The van der Waals surface area contributed by atoms with Crippen LogP contribution in [0.5, 0.6) is 5.75 Å². The fourth-order valence-electron chi connectivity index (χ4n) is 6.77. The van der Waals surface area contributed by atoms with Crippen LogP contribution in [0.3, 0.4) is 0 Å². The topological polar surface area (TPSA) is 403 Å². The molecule has 0 radical (unpaired) electrons. The molecule has 374 valence electrons. The van der Waals surface area contributed by atoms with E-state index < -0.39 is 133 Å². The van der Waals surface area contributed by atoms with Gasteiger partial charge in [0.2, 0.25) is 53.2 Å². The SMILES string of the molecule is CC[C@H](C)[C@H](NC(=O)[C@H](Cc1ccc(O)cc1)NC(=O)[C@H](C)NC(=O)[C@H](C)NC(=O)[C@@H]1CCCN1C(=O)CN)C(=O)N[C@@H](CO)C(=O)NCC(=O)N[C@@H](CCCCN)C(=O)N[C@@H](CO)C(=O)O. The summed E-state index contributed by atoms with van der Waals surface area (Å²) in [6.45, 7) is 3.76. The Balaban J connectivity index is 2.17. The Kier molecular flexibility index (Phi) is 24.2. The van der Waals surface area contributed by atoms with Gasteiger partial charge in [0.25, 0.3) is 0 Å². The first-order valence-corrected chi connectivity index (χ1v) is 22.0. The minimum Gasteiger partial charge on any atom is -0.508 e. The van der Waals surface area contributed by atoms with Gasteiger partial charge in [-0.05, 0) is 76.1 Å². The number of nitrogens with two attached hydrogens (primary N) is 2. The number of carboxylic acids is 1. The Bertz CT molecular complexity index is 1890. The second-order valence-electron chi connectivity index (χ2n) is 16.2. The maximum absolute atomic E-state index is 14.0. The fraction of sp³-hybridized carbons (Fsp3) is 0.619. The van der Waals surface area contributed by atoms with E-state index in [-0.39, 0.29) is 31.7 Å². The van der Waals surface area contributed by atoms with Crippen molar-refractivity contribution in [1.82, 2.24) is 47.4 Å². The highest BCUT2D eigenvalue weighted by molar-refractivity contribution is 5.98. The van der Waals surface area contributed by atoms with Crippen molar-refractivity contribution in [1.29, 1.82) is 0 Å². The minimum absolute atomic E-state index is 0.0370. The predicted octanol–water partition coefficient (Wildman–Crippen LogP) is -5.32. The van der Waals surface area contributed by atoms with Gasteiger partial charge in [-0.25, -0.2) is 4.79 Å². The highest BCUT2D eigenvalue weighted by Crippen LogP contribution is 2.18. The van der Waals surface area contributed by atoms with Crippen molar-refractivity contribution in [3.63, 3.8) is 0 Å². The molecule has 1 aliphatic rings. The standard InChI is InChI=1S/C42H67N11O14/c1-5-22(2)34(41(65)50-29(20-54)37(61)45-19-32(57)48-27(9-6-7-15-43)38(62)51-30(21-55)42(66)67)52-39(63)28(17-25-11-13-26(56)14-12-25)49-36(60)24(4)46-35(59)23(3)47-40(64)31-10-8-16-53(31)33(58)18-44/h11-14,22-24,27-31,34,54-56H,5-10,15-21,43-44H2,1-4H3,(H,45,61)(H,46,59)(H,47,64)(H,48,57)(H,49,60)(H,50,65)(H,51,62)(H,52,63)(H,66,67)/t22-,23-,24-,27-,28-,29-,30-,31-,34-/m0/s1. The maximum atomic E-state index is 14.0. The monoisotopic (exact) mass is 949 g/mol. The number of benzene rings is 1. The fourth-order valence-corrected chi connectivity index (χ4v) is 6.77. The van der Waals surface area contributed by atoms with E-state index in [9.17, 15) is 68.4 Å². The summed E-state index contributed by atoms with van der Waals surface area (Å²) in [7, 11) is 0. The molecule has 1 saturated heterocycles. The number of phenolic OH excluding ortho intramolecular Hbond substituents is 1. The average molecular weight is 950 g/mol. The molecule has 0 bridgehead atoms. The van der Waals surface area contributed by atoms with Crippen LogP contribution in [0.25, 0.3) is 0 Å². The number of rotatable bonds is 28. The number of aromatic hydroxyl groups is 1. The zero-order valence-electron chi connectivity index (χ0n) is 38.2. The average Bonchev–Trinajstić information content (AvgIpc) is 3.80. The Morgan fingerprint density at radius 3 is 1.87 bits per heavy atom. The third-order valence-electron chi connectivity index (χ3n) is 11.0. The minimum atomic E-state index is -1.65. The molecular weight excluding hydrogens is 883 g/mol. The second-order valence-corrected chi connectivity index (χ2v) is 16.2. The normalized spacial score (nSPS) is 16.8. The van der Waals surface area contributed by atoms with Crippen molar-refractivity contribution < 1.29 is 68.4 Å². The number of likely N-dealkylation sites (tertiary alicyclic amines) is 1. The molecule has 0 unspecified atom stereocenters. The van der Waals surface area contributed by atoms with Crippen molar-refractivity contribution in [3.05, 3.63) is 29.8 Å². The zero-order valence-corrected chi connectivity index (χ0v) is 38.2. The van der Waals surface area contributed by atoms with Gasteiger partial charge in [-0.2, -0.15) is 0 Å². The second kappa shape index (κ2) is 28.6. The number of carboxylic acid groups (broad SMARTS) is 1. The van der Waals surface area contributed by atoms with Crippen LogP contribution < -0.4 is 54.0 Å². The molecule has 1 aromatic rings. The number of nitrogens with one attached hydrogen (secondary N) is 8. The van der Waals surface area contributed by atoms with E-state index >= 15 is 0 Å². The summed E-state index contributed by atoms with van der Waals surface area (Å²) in [5.74, 6) is -9.37. The molecular formula is C42H67N11O14.